The smallest absolute Gasteiger partial charge is 0.303 e. The Morgan fingerprint density at radius 1 is 1.24 bits per heavy atom. The Balaban J connectivity index is 1.99. The van der Waals surface area contributed by atoms with Gasteiger partial charge in [-0.25, -0.2) is 4.98 Å². The topological polar surface area (TPSA) is 98.5 Å². The van der Waals surface area contributed by atoms with Crippen molar-refractivity contribution in [2.45, 2.75) is 70.9 Å². The summed E-state index contributed by atoms with van der Waals surface area (Å²) in [6.45, 7) is 7.31. The number of anilines is 3. The highest BCUT2D eigenvalue weighted by Gasteiger charge is 2.28. The summed E-state index contributed by atoms with van der Waals surface area (Å²) in [7, 11) is 1.79. The molecule has 1 fully saturated rings. The molecule has 3 rings (SSSR count). The molecule has 182 valence electrons. The average molecular weight is 465 g/mol. The molecule has 0 amide bonds. The van der Waals surface area contributed by atoms with Crippen molar-refractivity contribution < 1.29 is 14.6 Å². The van der Waals surface area contributed by atoms with Crippen LogP contribution in [0.25, 0.3) is 0 Å². The molecule has 2 aromatic rings. The lowest BCUT2D eigenvalue weighted by molar-refractivity contribution is -0.137. The van der Waals surface area contributed by atoms with E-state index < -0.39 is 5.97 Å². The predicted octanol–water partition coefficient (Wildman–Crippen LogP) is 5.70. The molecule has 1 aliphatic rings. The van der Waals surface area contributed by atoms with Crippen LogP contribution in [-0.4, -0.2) is 41.9 Å². The summed E-state index contributed by atoms with van der Waals surface area (Å²) in [6, 6.07) is 12.3. The number of aliphatic carboxylic acids is 1. The van der Waals surface area contributed by atoms with Crippen LogP contribution in [0.15, 0.2) is 36.5 Å². The first kappa shape index (κ1) is 25.5. The number of carbonyl (C=O) groups is 1. The number of ether oxygens (including phenoxy) is 1. The van der Waals surface area contributed by atoms with Crippen LogP contribution in [0.5, 0.6) is 0 Å². The highest BCUT2D eigenvalue weighted by atomic mass is 16.5. The number of nitrogens with zero attached hydrogens (tertiary/aromatic N) is 3. The van der Waals surface area contributed by atoms with Crippen LogP contribution in [0.1, 0.15) is 69.9 Å². The van der Waals surface area contributed by atoms with Gasteiger partial charge in [0.2, 0.25) is 0 Å². The molecule has 0 radical (unpaired) electrons. The highest BCUT2D eigenvalue weighted by molar-refractivity contribution is 5.76. The third-order valence-corrected chi connectivity index (χ3v) is 6.51. The van der Waals surface area contributed by atoms with Gasteiger partial charge in [0.05, 0.1) is 29.5 Å². The monoisotopic (exact) mass is 464 g/mol. The standard InChI is InChI=1S/C27H36N4O3/c1-18(2)17-31(22-7-9-23(34-4)10-8-22)25-11-6-21(19(3)13-27(32)33)14-24(25)30-26-12-5-20(15-28)16-29-26/h5-6,11-12,14,16,18-19,22-23H,7-10,13,17H2,1-4H3,(H,29,30)(H,32,33)/t19-,22-,23-/m1/s1. The van der Waals surface area contributed by atoms with Crippen LogP contribution in [-0.2, 0) is 9.53 Å². The maximum Gasteiger partial charge on any atom is 0.303 e. The van der Waals surface area contributed by atoms with Gasteiger partial charge in [-0.2, -0.15) is 5.26 Å². The molecular weight excluding hydrogens is 428 g/mol. The number of carboxylic acids is 1. The zero-order chi connectivity index (χ0) is 24.7. The Morgan fingerprint density at radius 3 is 2.53 bits per heavy atom. The molecule has 0 spiro atoms. The van der Waals surface area contributed by atoms with Crippen LogP contribution in [0, 0.1) is 17.2 Å². The van der Waals surface area contributed by atoms with Crippen LogP contribution in [0.2, 0.25) is 0 Å². The van der Waals surface area contributed by atoms with Gasteiger partial charge >= 0.3 is 5.97 Å². The van der Waals surface area contributed by atoms with Gasteiger partial charge in [0.1, 0.15) is 11.9 Å². The van der Waals surface area contributed by atoms with Gasteiger partial charge in [0, 0.05) is 25.9 Å². The lowest BCUT2D eigenvalue weighted by atomic mass is 9.90. The maximum atomic E-state index is 11.3. The molecule has 7 nitrogen and oxygen atoms in total. The minimum Gasteiger partial charge on any atom is -0.481 e. The molecule has 1 heterocycles. The molecule has 0 bridgehead atoms. The lowest BCUT2D eigenvalue weighted by Crippen LogP contribution is -2.41. The number of aromatic nitrogens is 1. The Morgan fingerprint density at radius 2 is 1.97 bits per heavy atom. The number of hydrogen-bond donors (Lipinski definition) is 2. The van der Waals surface area contributed by atoms with Gasteiger partial charge in [0.25, 0.3) is 0 Å². The molecule has 2 N–H and O–H groups in total. The number of hydrogen-bond acceptors (Lipinski definition) is 6. The van der Waals surface area contributed by atoms with Gasteiger partial charge in [-0.05, 0) is 67.3 Å². The number of carboxylic acid groups (broad SMARTS) is 1. The number of benzene rings is 1. The van der Waals surface area contributed by atoms with Crippen molar-refractivity contribution in [3.63, 3.8) is 0 Å². The third kappa shape index (κ3) is 6.71. The highest BCUT2D eigenvalue weighted by Crippen LogP contribution is 2.37. The molecule has 7 heteroatoms. The van der Waals surface area contributed by atoms with Crippen LogP contribution in [0.3, 0.4) is 0 Å². The van der Waals surface area contributed by atoms with Crippen molar-refractivity contribution in [1.82, 2.24) is 4.98 Å². The van der Waals surface area contributed by atoms with Crippen molar-refractivity contribution in [2.24, 2.45) is 5.92 Å². The van der Waals surface area contributed by atoms with Crippen LogP contribution >= 0.6 is 0 Å². The molecule has 1 aliphatic carbocycles. The minimum absolute atomic E-state index is 0.0741. The van der Waals surface area contributed by atoms with E-state index in [1.54, 1.807) is 25.4 Å². The molecule has 34 heavy (non-hydrogen) atoms. The largest absolute Gasteiger partial charge is 0.481 e. The SMILES string of the molecule is CO[C@H]1CC[C@H](N(CC(C)C)c2ccc([C@H](C)CC(=O)O)cc2Nc2ccc(C#N)cn2)CC1. The van der Waals surface area contributed by atoms with Gasteiger partial charge < -0.3 is 20.1 Å². The molecule has 0 saturated heterocycles. The lowest BCUT2D eigenvalue weighted by Gasteiger charge is -2.40. The van der Waals surface area contributed by atoms with Crippen molar-refractivity contribution in [3.05, 3.63) is 47.7 Å². The Kier molecular flexibility index (Phi) is 8.89. The summed E-state index contributed by atoms with van der Waals surface area (Å²) in [5, 5.41) is 21.8. The summed E-state index contributed by atoms with van der Waals surface area (Å²) in [5.74, 6) is 0.204. The van der Waals surface area contributed by atoms with E-state index in [9.17, 15) is 9.90 Å². The molecular formula is C27H36N4O3. The van der Waals surface area contributed by atoms with E-state index >= 15 is 0 Å². The van der Waals surface area contributed by atoms with E-state index in [2.05, 4.69) is 53.3 Å². The second-order valence-corrected chi connectivity index (χ2v) is 9.66. The fourth-order valence-corrected chi connectivity index (χ4v) is 4.69. The maximum absolute atomic E-state index is 11.3. The van der Waals surface area contributed by atoms with Gasteiger partial charge in [-0.3, -0.25) is 4.79 Å². The Hall–Kier alpha value is -3.11. The number of nitrogens with one attached hydrogen (secondary N) is 1. The first-order valence-electron chi connectivity index (χ1n) is 12.1. The third-order valence-electron chi connectivity index (χ3n) is 6.51. The fourth-order valence-electron chi connectivity index (χ4n) is 4.69. The van der Waals surface area contributed by atoms with Gasteiger partial charge in [-0.1, -0.05) is 26.8 Å². The number of pyridine rings is 1. The summed E-state index contributed by atoms with van der Waals surface area (Å²) < 4.78 is 5.59. The van der Waals surface area contributed by atoms with Crippen LogP contribution in [0.4, 0.5) is 17.2 Å². The fraction of sp³-hybridized carbons (Fsp3) is 0.519. The van der Waals surface area contributed by atoms with Gasteiger partial charge in [0.15, 0.2) is 0 Å². The quantitative estimate of drug-likeness (QED) is 0.466. The first-order valence-corrected chi connectivity index (χ1v) is 12.1. The Labute approximate surface area is 202 Å². The second kappa shape index (κ2) is 11.8. The number of nitriles is 1. The van der Waals surface area contributed by atoms with Crippen molar-refractivity contribution >= 4 is 23.2 Å². The normalized spacial score (nSPS) is 18.8. The van der Waals surface area contributed by atoms with E-state index in [1.807, 2.05) is 6.92 Å². The summed E-state index contributed by atoms with van der Waals surface area (Å²) in [5.41, 5.74) is 3.47. The van der Waals surface area contributed by atoms with E-state index in [-0.39, 0.29) is 12.3 Å². The zero-order valence-corrected chi connectivity index (χ0v) is 20.6. The van der Waals surface area contributed by atoms with Crippen molar-refractivity contribution in [3.8, 4) is 6.07 Å². The Bertz CT molecular complexity index is 992. The van der Waals surface area contributed by atoms with Gasteiger partial charge in [-0.15, -0.1) is 0 Å². The minimum atomic E-state index is -0.809. The van der Waals surface area contributed by atoms with Crippen LogP contribution < -0.4 is 10.2 Å². The van der Waals surface area contributed by atoms with Crippen molar-refractivity contribution in [1.29, 1.82) is 5.26 Å². The number of rotatable bonds is 10. The second-order valence-electron chi connectivity index (χ2n) is 9.66. The first-order chi connectivity index (χ1) is 16.3. The summed E-state index contributed by atoms with van der Waals surface area (Å²) in [4.78, 5) is 18.2. The summed E-state index contributed by atoms with van der Waals surface area (Å²) >= 11 is 0. The molecule has 1 saturated carbocycles. The van der Waals surface area contributed by atoms with E-state index in [0.717, 1.165) is 49.2 Å². The van der Waals surface area contributed by atoms with E-state index in [4.69, 9.17) is 10.00 Å². The molecule has 0 unspecified atom stereocenters. The van der Waals surface area contributed by atoms with Crippen molar-refractivity contribution in [2.75, 3.05) is 23.9 Å². The van der Waals surface area contributed by atoms with E-state index in [0.29, 0.717) is 29.4 Å². The predicted molar refractivity (Wildman–Crippen MR) is 135 cm³/mol. The zero-order valence-electron chi connectivity index (χ0n) is 20.6. The summed E-state index contributed by atoms with van der Waals surface area (Å²) in [6.07, 6.45) is 6.18. The molecule has 1 aromatic carbocycles. The molecule has 0 aliphatic heterocycles. The molecule has 1 atom stereocenters. The van der Waals surface area contributed by atoms with E-state index in [1.165, 1.54) is 0 Å². The molecule has 1 aromatic heterocycles. The number of methoxy groups -OCH3 is 1. The average Bonchev–Trinajstić information content (AvgIpc) is 2.82.